The average Bonchev–Trinajstić information content (AvgIpc) is 0.908. The van der Waals surface area contributed by atoms with Crippen molar-refractivity contribution in [2.75, 3.05) is 9.80 Å². The molecule has 0 radical (unpaired) electrons. The van der Waals surface area contributed by atoms with Crippen molar-refractivity contribution in [1.82, 2.24) is 9.13 Å². The Hall–Kier alpha value is -10.1. The Morgan fingerprint density at radius 1 is 0.202 bits per heavy atom. The summed E-state index contributed by atoms with van der Waals surface area (Å²) in [5.41, 5.74) is 35.2. The van der Waals surface area contributed by atoms with E-state index < -0.39 is 0 Å². The van der Waals surface area contributed by atoms with Crippen LogP contribution in [0.15, 0.2) is 237 Å². The van der Waals surface area contributed by atoms with Crippen molar-refractivity contribution in [3.05, 3.63) is 281 Å². The molecule has 0 fully saturated rings. The molecule has 2 aliphatic heterocycles. The molecule has 12 aromatic carbocycles. The predicted molar refractivity (Wildman–Crippen MR) is 475 cm³/mol. The van der Waals surface area contributed by atoms with Gasteiger partial charge in [-0.1, -0.05) is 294 Å². The van der Waals surface area contributed by atoms with Gasteiger partial charge in [-0.05, 0) is 247 Å². The quantitative estimate of drug-likeness (QED) is 0.148. The number of hydrogen-bond acceptors (Lipinski definition) is 2. The number of aromatic nitrogens is 2. The van der Waals surface area contributed by atoms with Crippen molar-refractivity contribution in [3.63, 3.8) is 0 Å². The van der Waals surface area contributed by atoms with Crippen LogP contribution >= 0.6 is 0 Å². The maximum absolute atomic E-state index is 2.63. The third-order valence-electron chi connectivity index (χ3n) is 23.9. The highest BCUT2D eigenvalue weighted by atomic mass is 15.2. The summed E-state index contributed by atoms with van der Waals surface area (Å²) in [4.78, 5) is 5.26. The summed E-state index contributed by atoms with van der Waals surface area (Å²) in [7, 11) is 0. The van der Waals surface area contributed by atoms with E-state index in [4.69, 9.17) is 0 Å². The second-order valence-electron chi connectivity index (χ2n) is 40.2. The van der Waals surface area contributed by atoms with E-state index >= 15 is 0 Å². The van der Waals surface area contributed by atoms with E-state index in [1.165, 1.54) is 127 Å². The molecule has 0 atom stereocenters. The van der Waals surface area contributed by atoms with Crippen molar-refractivity contribution >= 4 is 101 Å². The fourth-order valence-corrected chi connectivity index (χ4v) is 17.0. The van der Waals surface area contributed by atoms with Crippen LogP contribution in [0.1, 0.15) is 211 Å². The molecule has 109 heavy (non-hydrogen) atoms. The van der Waals surface area contributed by atoms with Crippen molar-refractivity contribution in [2.24, 2.45) is 0 Å². The predicted octanol–water partition coefficient (Wildman–Crippen LogP) is 27.3. The van der Waals surface area contributed by atoms with Gasteiger partial charge in [0.15, 0.2) is 0 Å². The Morgan fingerprint density at radius 3 is 0.752 bits per heavy atom. The van der Waals surface area contributed by atoms with E-state index in [0.29, 0.717) is 0 Å². The highest BCUT2D eigenvalue weighted by Crippen LogP contribution is 2.50. The molecule has 0 aliphatic carbocycles. The van der Waals surface area contributed by atoms with Crippen molar-refractivity contribution < 1.29 is 0 Å². The number of hydrogen-bond donors (Lipinski definition) is 0. The lowest BCUT2D eigenvalue weighted by atomic mass is 9.33. The normalized spacial score (nSPS) is 13.8. The van der Waals surface area contributed by atoms with Crippen LogP contribution in [0.2, 0.25) is 0 Å². The lowest BCUT2D eigenvalue weighted by molar-refractivity contribution is 0.568. The molecule has 14 aromatic rings. The summed E-state index contributed by atoms with van der Waals surface area (Å²) in [5.74, 6) is 0. The van der Waals surface area contributed by atoms with Crippen LogP contribution in [0.25, 0.3) is 88.4 Å². The number of benzene rings is 12. The van der Waals surface area contributed by atoms with Crippen molar-refractivity contribution in [2.45, 2.75) is 209 Å². The molecule has 0 amide bonds. The monoisotopic (exact) mass is 1430 g/mol. The van der Waals surface area contributed by atoms with Gasteiger partial charge in [0.05, 0.1) is 22.1 Å². The number of rotatable bonds is 7. The Labute approximate surface area is 651 Å². The summed E-state index contributed by atoms with van der Waals surface area (Å²) in [6.07, 6.45) is 0. The molecule has 0 spiro atoms. The molecule has 0 unspecified atom stereocenters. The first-order valence-corrected chi connectivity index (χ1v) is 39.9. The van der Waals surface area contributed by atoms with Gasteiger partial charge in [0.1, 0.15) is 0 Å². The fraction of sp³-hybridized carbons (Fsp3) is 0.308. The minimum absolute atomic E-state index is 0.0347. The standard InChI is InChI=1S/C104H111BN4/c1-97(2,3)70-34-46-88-82(58-70)83-59-71(98(4,5)6)35-47-89(83)108(88)80-42-44-86-92(62-80)106(78-38-30-65(31-39-78)67-50-74(101(13,14)15)56-75(51-67)102(16,17)18)94-54-69(64-28-26-25-27-29-64)55-95-96(94)105(86)87-45-43-81(109-90-48-36-72(99(7,8)9)60-84(90)85-61-73(100(10,11)12)37-49-91(85)109)63-93(87)107(95)79-40-32-66(33-41-79)68-52-76(103(19,20)21)57-77(53-68)104(22,23)24/h25-63H,1-24H3. The van der Waals surface area contributed by atoms with Crippen LogP contribution < -0.4 is 26.2 Å². The summed E-state index contributed by atoms with van der Waals surface area (Å²) in [6.45, 7) is 55.9. The third-order valence-corrected chi connectivity index (χ3v) is 23.9. The lowest BCUT2D eigenvalue weighted by Gasteiger charge is -2.44. The third kappa shape index (κ3) is 12.9. The lowest BCUT2D eigenvalue weighted by Crippen LogP contribution is -2.61. The summed E-state index contributed by atoms with van der Waals surface area (Å²) >= 11 is 0. The van der Waals surface area contributed by atoms with Gasteiger partial charge in [-0.15, -0.1) is 0 Å². The van der Waals surface area contributed by atoms with Crippen molar-refractivity contribution in [1.29, 1.82) is 0 Å². The Kier molecular flexibility index (Phi) is 16.9. The smallest absolute Gasteiger partial charge is 0.252 e. The van der Waals surface area contributed by atoms with Gasteiger partial charge in [0, 0.05) is 67.0 Å². The van der Waals surface area contributed by atoms with Gasteiger partial charge < -0.3 is 18.9 Å². The van der Waals surface area contributed by atoms with E-state index in [1.54, 1.807) is 0 Å². The first kappa shape index (κ1) is 73.1. The topological polar surface area (TPSA) is 16.3 Å². The van der Waals surface area contributed by atoms with Gasteiger partial charge in [-0.25, -0.2) is 0 Å². The zero-order valence-corrected chi connectivity index (χ0v) is 69.4. The van der Waals surface area contributed by atoms with E-state index in [2.05, 4.69) is 422 Å². The summed E-state index contributed by atoms with van der Waals surface area (Å²) < 4.78 is 5.11. The SMILES string of the molecule is CC(C)(C)c1cc(-c2ccc(N3c4cc(-n5c6ccc(C(C)(C)C)cc6c6cc(C(C)(C)C)ccc65)ccc4B4c5ccc(-n6c7ccc(C(C)(C)C)cc7c7cc(C(C)(C)C)ccc76)cc5N(c5ccc(-c6cc(C(C)(C)C)cc(C(C)(C)C)c6)cc5)c5cc(-c6ccccc6)cc3c54)cc2)cc(C(C)(C)C)c1. The zero-order chi connectivity index (χ0) is 77.5. The first-order chi connectivity index (χ1) is 51.1. The maximum atomic E-state index is 2.63. The summed E-state index contributed by atoms with van der Waals surface area (Å²) in [6, 6.07) is 93.7. The molecule has 0 N–H and O–H groups in total. The molecule has 0 saturated carbocycles. The van der Waals surface area contributed by atoms with E-state index in [1.807, 2.05) is 0 Å². The molecule has 5 heteroatoms. The molecular weight excluding hydrogens is 1320 g/mol. The van der Waals surface area contributed by atoms with Crippen molar-refractivity contribution in [3.8, 4) is 44.8 Å². The highest BCUT2D eigenvalue weighted by molar-refractivity contribution is 7.00. The second-order valence-corrected chi connectivity index (χ2v) is 40.2. The zero-order valence-electron chi connectivity index (χ0n) is 69.4. The Morgan fingerprint density at radius 2 is 0.468 bits per heavy atom. The molecule has 0 saturated heterocycles. The average molecular weight is 1430 g/mol. The minimum Gasteiger partial charge on any atom is -0.311 e. The fourth-order valence-electron chi connectivity index (χ4n) is 17.0. The summed E-state index contributed by atoms with van der Waals surface area (Å²) in [5, 5.41) is 5.10. The van der Waals surface area contributed by atoms with E-state index in [-0.39, 0.29) is 50.0 Å². The van der Waals surface area contributed by atoms with E-state index in [9.17, 15) is 0 Å². The van der Waals surface area contributed by atoms with Gasteiger partial charge in [-0.3, -0.25) is 0 Å². The van der Waals surface area contributed by atoms with Crippen LogP contribution in [0.5, 0.6) is 0 Å². The van der Waals surface area contributed by atoms with Crippen LogP contribution in [0.4, 0.5) is 34.1 Å². The first-order valence-electron chi connectivity index (χ1n) is 39.9. The molecule has 16 rings (SSSR count). The van der Waals surface area contributed by atoms with Gasteiger partial charge in [-0.2, -0.15) is 0 Å². The number of nitrogens with zero attached hydrogens (tertiary/aromatic N) is 4. The molecule has 4 heterocycles. The molecule has 0 bridgehead atoms. The molecule has 4 nitrogen and oxygen atoms in total. The Balaban J connectivity index is 0.997. The van der Waals surface area contributed by atoms with Gasteiger partial charge >= 0.3 is 0 Å². The minimum atomic E-state index is -0.176. The number of anilines is 6. The van der Waals surface area contributed by atoms with Crippen LogP contribution in [0.3, 0.4) is 0 Å². The van der Waals surface area contributed by atoms with Crippen LogP contribution in [-0.4, -0.2) is 15.8 Å². The van der Waals surface area contributed by atoms with Crippen LogP contribution in [-0.2, 0) is 43.3 Å². The van der Waals surface area contributed by atoms with Gasteiger partial charge in [0.2, 0.25) is 0 Å². The van der Waals surface area contributed by atoms with E-state index in [0.717, 1.165) is 56.6 Å². The Bertz CT molecular complexity index is 5420. The molecule has 2 aliphatic rings. The highest BCUT2D eigenvalue weighted by Gasteiger charge is 2.45. The molecule has 550 valence electrons. The second kappa shape index (κ2) is 25.2. The van der Waals surface area contributed by atoms with Gasteiger partial charge in [0.25, 0.3) is 6.71 Å². The van der Waals surface area contributed by atoms with Crippen LogP contribution in [0, 0.1) is 0 Å². The maximum Gasteiger partial charge on any atom is 0.252 e. The number of fused-ring (bicyclic) bond motifs is 10. The molecular formula is C104H111BN4. The molecule has 2 aromatic heterocycles. The largest absolute Gasteiger partial charge is 0.311 e.